The molecule has 4 aromatic rings. The molecule has 2 aromatic carbocycles. The van der Waals surface area contributed by atoms with E-state index in [1.165, 1.54) is 0 Å². The molecule has 6 rings (SSSR count). The highest BCUT2D eigenvalue weighted by atomic mass is 35.5. The first kappa shape index (κ1) is 28.2. The van der Waals surface area contributed by atoms with Gasteiger partial charge in [-0.3, -0.25) is 4.98 Å². The topological polar surface area (TPSA) is 73.6 Å². The molecule has 2 N–H and O–H groups in total. The van der Waals surface area contributed by atoms with Crippen molar-refractivity contribution in [3.05, 3.63) is 106 Å². The Morgan fingerprint density at radius 2 is 1.76 bits per heavy atom. The smallest absolute Gasteiger partial charge is 0.337 e. The maximum absolute atomic E-state index is 12.1. The fourth-order valence-corrected chi connectivity index (χ4v) is 7.05. The van der Waals surface area contributed by atoms with Gasteiger partial charge in [-0.2, -0.15) is 0 Å². The molecule has 2 saturated heterocycles. The summed E-state index contributed by atoms with van der Waals surface area (Å²) >= 11 is 12.9. The summed E-state index contributed by atoms with van der Waals surface area (Å²) in [4.78, 5) is 21.3. The van der Waals surface area contributed by atoms with Gasteiger partial charge in [-0.15, -0.1) is 0 Å². The number of nitrogens with zero attached hydrogens (tertiary/aromatic N) is 4. The van der Waals surface area contributed by atoms with Crippen LogP contribution in [0.3, 0.4) is 0 Å². The zero-order chi connectivity index (χ0) is 29.5. The number of thiocarbonyl (C=S) groups is 1. The van der Waals surface area contributed by atoms with Gasteiger partial charge in [0.2, 0.25) is 0 Å². The van der Waals surface area contributed by atoms with E-state index < -0.39 is 5.97 Å². The molecule has 0 radical (unpaired) electrons. The van der Waals surface area contributed by atoms with Gasteiger partial charge in [-0.1, -0.05) is 36.7 Å². The molecule has 2 aromatic heterocycles. The molecule has 0 amide bonds. The predicted octanol–water partition coefficient (Wildman–Crippen LogP) is 7.25. The molecule has 0 unspecified atom stereocenters. The van der Waals surface area contributed by atoms with Gasteiger partial charge in [0.1, 0.15) is 0 Å². The summed E-state index contributed by atoms with van der Waals surface area (Å²) < 4.78 is 2.02. The molecule has 2 aliphatic rings. The van der Waals surface area contributed by atoms with E-state index in [2.05, 4.69) is 45.2 Å². The van der Waals surface area contributed by atoms with Gasteiger partial charge in [0.05, 0.1) is 39.7 Å². The fourth-order valence-electron chi connectivity index (χ4n) is 6.41. The Labute approximate surface area is 256 Å². The minimum absolute atomic E-state index is 0.232. The van der Waals surface area contributed by atoms with E-state index >= 15 is 0 Å². The lowest BCUT2D eigenvalue weighted by Crippen LogP contribution is -2.33. The molecule has 0 spiro atoms. The third kappa shape index (κ3) is 5.03. The van der Waals surface area contributed by atoms with E-state index in [-0.39, 0.29) is 17.6 Å². The Morgan fingerprint density at radius 1 is 1.02 bits per heavy atom. The summed E-state index contributed by atoms with van der Waals surface area (Å²) in [7, 11) is 0. The monoisotopic (exact) mass is 599 g/mol. The number of carboxylic acids is 1. The third-order valence-corrected chi connectivity index (χ3v) is 9.21. The molecule has 2 fully saturated rings. The number of benzene rings is 2. The van der Waals surface area contributed by atoms with E-state index in [0.717, 1.165) is 65.9 Å². The van der Waals surface area contributed by atoms with Crippen molar-refractivity contribution in [2.24, 2.45) is 5.92 Å². The number of piperidine rings is 1. The lowest BCUT2D eigenvalue weighted by molar-refractivity contribution is 0.0697. The Hall–Kier alpha value is -3.88. The maximum Gasteiger partial charge on any atom is 0.337 e. The van der Waals surface area contributed by atoms with Crippen LogP contribution in [0.2, 0.25) is 5.02 Å². The average molecular weight is 600 g/mol. The van der Waals surface area contributed by atoms with Crippen LogP contribution in [0.5, 0.6) is 0 Å². The average Bonchev–Trinajstić information content (AvgIpc) is 3.48. The number of aromatic nitrogens is 2. The van der Waals surface area contributed by atoms with Gasteiger partial charge in [0.25, 0.3) is 0 Å². The van der Waals surface area contributed by atoms with Crippen LogP contribution in [0, 0.1) is 19.8 Å². The van der Waals surface area contributed by atoms with Gasteiger partial charge in [-0.25, -0.2) is 4.79 Å². The largest absolute Gasteiger partial charge is 0.478 e. The molecule has 0 aliphatic carbocycles. The van der Waals surface area contributed by atoms with Gasteiger partial charge in [-0.05, 0) is 98.9 Å². The molecule has 0 bridgehead atoms. The third-order valence-electron chi connectivity index (χ3n) is 8.60. The Kier molecular flexibility index (Phi) is 7.68. The number of hydrogen-bond acceptors (Lipinski definition) is 4. The summed E-state index contributed by atoms with van der Waals surface area (Å²) in [6.07, 6.45) is 4.11. The van der Waals surface area contributed by atoms with Crippen molar-refractivity contribution in [1.82, 2.24) is 14.9 Å². The number of anilines is 2. The van der Waals surface area contributed by atoms with Crippen molar-refractivity contribution in [2.75, 3.05) is 22.9 Å². The van der Waals surface area contributed by atoms with Crippen molar-refractivity contribution in [2.45, 2.75) is 45.7 Å². The minimum atomic E-state index is -0.964. The van der Waals surface area contributed by atoms with Crippen LogP contribution in [-0.4, -0.2) is 38.8 Å². The second-order valence-corrected chi connectivity index (χ2v) is 12.1. The summed E-state index contributed by atoms with van der Waals surface area (Å²) in [6, 6.07) is 20.8. The van der Waals surface area contributed by atoms with Crippen molar-refractivity contribution in [3.63, 3.8) is 0 Å². The standard InChI is InChI=1S/C33H34ClN5O2S/c1-20-13-16-37(17-14-20)29-12-11-23(19-26(29)34)39-31(30(36-33(39)42)27-9-6-7-15-35-27)25-18-21(2)38(22(25)3)28-10-5-4-8-24(28)32(40)41/h4-12,15,18-20,30-31H,13-14,16-17H2,1-3H3,(H,36,42)(H,40,41)/t30-,31-/m1/s1. The van der Waals surface area contributed by atoms with Crippen LogP contribution in [0.25, 0.3) is 5.69 Å². The van der Waals surface area contributed by atoms with Crippen LogP contribution in [-0.2, 0) is 0 Å². The summed E-state index contributed by atoms with van der Waals surface area (Å²) in [6.45, 7) is 8.33. The van der Waals surface area contributed by atoms with Gasteiger partial charge < -0.3 is 24.8 Å². The number of aryl methyl sites for hydroxylation is 1. The first-order valence-electron chi connectivity index (χ1n) is 14.3. The number of carbonyl (C=O) groups is 1. The van der Waals surface area contributed by atoms with Crippen molar-refractivity contribution >= 4 is 46.3 Å². The number of hydrogen-bond donors (Lipinski definition) is 2. The first-order valence-corrected chi connectivity index (χ1v) is 15.1. The number of rotatable bonds is 6. The highest BCUT2D eigenvalue weighted by Crippen LogP contribution is 2.45. The van der Waals surface area contributed by atoms with Crippen molar-refractivity contribution in [1.29, 1.82) is 0 Å². The molecule has 2 aliphatic heterocycles. The predicted molar refractivity (Wildman–Crippen MR) is 172 cm³/mol. The van der Waals surface area contributed by atoms with Crippen molar-refractivity contribution in [3.8, 4) is 5.69 Å². The summed E-state index contributed by atoms with van der Waals surface area (Å²) in [5.74, 6) is -0.229. The number of pyridine rings is 1. The van der Waals surface area contributed by atoms with Crippen LogP contribution in [0.1, 0.15) is 64.9 Å². The lowest BCUT2D eigenvalue weighted by atomic mass is 9.96. The molecule has 42 heavy (non-hydrogen) atoms. The van der Waals surface area contributed by atoms with Crippen molar-refractivity contribution < 1.29 is 9.90 Å². The SMILES string of the molecule is Cc1cc([C@@H]2[C@@H](c3ccccn3)NC(=S)N2c2ccc(N3CCC(C)CC3)c(Cl)c2)c(C)n1-c1ccccc1C(=O)O. The molecule has 2 atom stereocenters. The van der Waals surface area contributed by atoms with Gasteiger partial charge in [0.15, 0.2) is 5.11 Å². The summed E-state index contributed by atoms with van der Waals surface area (Å²) in [5, 5.41) is 14.7. The quantitative estimate of drug-likeness (QED) is 0.226. The Morgan fingerprint density at radius 3 is 2.45 bits per heavy atom. The Bertz CT molecular complexity index is 1650. The second-order valence-electron chi connectivity index (χ2n) is 11.3. The Balaban J connectivity index is 1.46. The second kappa shape index (κ2) is 11.4. The van der Waals surface area contributed by atoms with Crippen LogP contribution in [0.4, 0.5) is 11.4 Å². The van der Waals surface area contributed by atoms with Gasteiger partial charge in [0, 0.05) is 36.4 Å². The number of halogens is 1. The van der Waals surface area contributed by atoms with E-state index in [1.54, 1.807) is 18.3 Å². The summed E-state index contributed by atoms with van der Waals surface area (Å²) in [5.41, 5.74) is 6.59. The maximum atomic E-state index is 12.1. The zero-order valence-electron chi connectivity index (χ0n) is 23.9. The van der Waals surface area contributed by atoms with E-state index in [9.17, 15) is 9.90 Å². The van der Waals surface area contributed by atoms with E-state index in [4.69, 9.17) is 23.8 Å². The highest BCUT2D eigenvalue weighted by Gasteiger charge is 2.42. The molecular weight excluding hydrogens is 566 g/mol. The minimum Gasteiger partial charge on any atom is -0.478 e. The highest BCUT2D eigenvalue weighted by molar-refractivity contribution is 7.80. The fraction of sp³-hybridized carbons (Fsp3) is 0.303. The van der Waals surface area contributed by atoms with Gasteiger partial charge >= 0.3 is 5.97 Å². The molecule has 4 heterocycles. The lowest BCUT2D eigenvalue weighted by Gasteiger charge is -2.33. The molecule has 9 heteroatoms. The van der Waals surface area contributed by atoms with Crippen LogP contribution < -0.4 is 15.1 Å². The normalized spacial score (nSPS) is 19.3. The number of nitrogens with one attached hydrogen (secondary N) is 1. The zero-order valence-corrected chi connectivity index (χ0v) is 25.5. The van der Waals surface area contributed by atoms with E-state index in [1.807, 2.05) is 54.8 Å². The molecular formula is C33H34ClN5O2S. The molecule has 7 nitrogen and oxygen atoms in total. The number of aromatic carboxylic acids is 1. The van der Waals surface area contributed by atoms with Crippen LogP contribution >= 0.6 is 23.8 Å². The number of para-hydroxylation sites is 1. The molecule has 0 saturated carbocycles. The van der Waals surface area contributed by atoms with E-state index in [0.29, 0.717) is 15.8 Å². The number of carboxylic acid groups (broad SMARTS) is 1. The molecule has 216 valence electrons. The first-order chi connectivity index (χ1) is 20.2. The van der Waals surface area contributed by atoms with Crippen LogP contribution in [0.15, 0.2) is 72.9 Å².